The first-order chi connectivity index (χ1) is 8.91. The average Bonchev–Trinajstić information content (AvgIpc) is 2.35. The molecule has 100 valence electrons. The molecule has 4 heteroatoms. The summed E-state index contributed by atoms with van der Waals surface area (Å²) in [4.78, 5) is 0. The summed E-state index contributed by atoms with van der Waals surface area (Å²) in [6.07, 6.45) is 0. The van der Waals surface area contributed by atoms with Crippen LogP contribution in [-0.4, -0.2) is 0 Å². The van der Waals surface area contributed by atoms with Gasteiger partial charge in [-0.1, -0.05) is 29.8 Å². The van der Waals surface area contributed by atoms with Gasteiger partial charge in [-0.05, 0) is 42.7 Å². The van der Waals surface area contributed by atoms with E-state index in [4.69, 9.17) is 17.3 Å². The molecule has 1 atom stereocenters. The molecule has 0 aliphatic carbocycles. The van der Waals surface area contributed by atoms with Gasteiger partial charge in [-0.15, -0.1) is 0 Å². The molecule has 2 aromatic rings. The van der Waals surface area contributed by atoms with Crippen molar-refractivity contribution in [2.75, 3.05) is 0 Å². The smallest absolute Gasteiger partial charge is 0.164 e. The van der Waals surface area contributed by atoms with Crippen molar-refractivity contribution in [3.8, 4) is 0 Å². The summed E-state index contributed by atoms with van der Waals surface area (Å²) in [5.74, 6) is -1.73. The number of hydrogen-bond acceptors (Lipinski definition) is 1. The Labute approximate surface area is 116 Å². The van der Waals surface area contributed by atoms with Crippen molar-refractivity contribution >= 4 is 11.6 Å². The maximum atomic E-state index is 13.9. The van der Waals surface area contributed by atoms with Crippen molar-refractivity contribution in [1.82, 2.24) is 0 Å². The molecule has 0 aromatic heterocycles. The lowest BCUT2D eigenvalue weighted by molar-refractivity contribution is 0.489. The summed E-state index contributed by atoms with van der Waals surface area (Å²) >= 11 is 5.87. The number of nitrogens with two attached hydrogens (primary N) is 1. The molecule has 0 aliphatic heterocycles. The number of halogens is 3. The van der Waals surface area contributed by atoms with Crippen LogP contribution in [0.15, 0.2) is 30.3 Å². The number of aryl methyl sites for hydroxylation is 2. The zero-order chi connectivity index (χ0) is 14.2. The van der Waals surface area contributed by atoms with Crippen LogP contribution in [0.2, 0.25) is 5.02 Å². The van der Waals surface area contributed by atoms with Gasteiger partial charge in [0.15, 0.2) is 11.6 Å². The van der Waals surface area contributed by atoms with E-state index in [9.17, 15) is 8.78 Å². The molecule has 0 saturated heterocycles. The van der Waals surface area contributed by atoms with E-state index in [0.29, 0.717) is 5.02 Å². The van der Waals surface area contributed by atoms with E-state index in [0.717, 1.165) is 11.1 Å². The van der Waals surface area contributed by atoms with Crippen molar-refractivity contribution in [2.45, 2.75) is 19.9 Å². The first kappa shape index (κ1) is 14.0. The molecule has 0 bridgehead atoms. The van der Waals surface area contributed by atoms with Crippen LogP contribution < -0.4 is 5.73 Å². The summed E-state index contributed by atoms with van der Waals surface area (Å²) in [5, 5.41) is 0.587. The molecule has 0 heterocycles. The number of rotatable bonds is 2. The van der Waals surface area contributed by atoms with Crippen LogP contribution in [0.5, 0.6) is 0 Å². The molecule has 0 aliphatic rings. The van der Waals surface area contributed by atoms with Crippen LogP contribution >= 0.6 is 11.6 Å². The zero-order valence-electron chi connectivity index (χ0n) is 10.7. The number of benzene rings is 2. The maximum absolute atomic E-state index is 13.9. The summed E-state index contributed by atoms with van der Waals surface area (Å²) in [7, 11) is 0. The van der Waals surface area contributed by atoms with Gasteiger partial charge in [0.25, 0.3) is 0 Å². The molecule has 2 rings (SSSR count). The molecule has 0 saturated carbocycles. The minimum Gasteiger partial charge on any atom is -0.320 e. The zero-order valence-corrected chi connectivity index (χ0v) is 11.4. The summed E-state index contributed by atoms with van der Waals surface area (Å²) in [5.41, 5.74) is 8.02. The van der Waals surface area contributed by atoms with E-state index in [-0.39, 0.29) is 11.1 Å². The Balaban J connectivity index is 2.50. The van der Waals surface area contributed by atoms with E-state index < -0.39 is 17.7 Å². The fraction of sp³-hybridized carbons (Fsp3) is 0.200. The second kappa shape index (κ2) is 5.27. The monoisotopic (exact) mass is 281 g/mol. The molecule has 0 spiro atoms. The Morgan fingerprint density at radius 1 is 0.947 bits per heavy atom. The van der Waals surface area contributed by atoms with Gasteiger partial charge in [0.2, 0.25) is 0 Å². The van der Waals surface area contributed by atoms with Gasteiger partial charge in [-0.25, -0.2) is 8.78 Å². The Morgan fingerprint density at radius 2 is 1.58 bits per heavy atom. The van der Waals surface area contributed by atoms with Gasteiger partial charge in [-0.2, -0.15) is 0 Å². The Hall–Kier alpha value is -1.45. The minimum atomic E-state index is -0.887. The topological polar surface area (TPSA) is 26.0 Å². The van der Waals surface area contributed by atoms with Crippen molar-refractivity contribution in [3.63, 3.8) is 0 Å². The number of hydrogen-bond donors (Lipinski definition) is 1. The van der Waals surface area contributed by atoms with Crippen LogP contribution in [0.3, 0.4) is 0 Å². The molecule has 0 amide bonds. The first-order valence-electron chi connectivity index (χ1n) is 5.88. The molecule has 1 nitrogen and oxygen atoms in total. The van der Waals surface area contributed by atoms with Crippen LogP contribution in [-0.2, 0) is 0 Å². The standard InChI is InChI=1S/C15H14ClF2N/c1-8-3-5-12(14(18)13(8)17)15(19)11-6-4-10(16)7-9(11)2/h3-7,15H,19H2,1-2H3. The highest BCUT2D eigenvalue weighted by atomic mass is 35.5. The molecule has 1 unspecified atom stereocenters. The van der Waals surface area contributed by atoms with Gasteiger partial charge >= 0.3 is 0 Å². The van der Waals surface area contributed by atoms with E-state index in [1.54, 1.807) is 18.2 Å². The first-order valence-corrected chi connectivity index (χ1v) is 6.25. The third-order valence-electron chi connectivity index (χ3n) is 3.21. The van der Waals surface area contributed by atoms with Crippen LogP contribution in [0.25, 0.3) is 0 Å². The highest BCUT2D eigenvalue weighted by Gasteiger charge is 2.19. The maximum Gasteiger partial charge on any atom is 0.164 e. The van der Waals surface area contributed by atoms with Crippen LogP contribution in [0, 0.1) is 25.5 Å². The summed E-state index contributed by atoms with van der Waals surface area (Å²) in [6, 6.07) is 7.50. The van der Waals surface area contributed by atoms with Gasteiger partial charge in [0.1, 0.15) is 0 Å². The lowest BCUT2D eigenvalue weighted by atomic mass is 9.94. The Morgan fingerprint density at radius 3 is 2.21 bits per heavy atom. The van der Waals surface area contributed by atoms with E-state index in [1.165, 1.54) is 19.1 Å². The van der Waals surface area contributed by atoms with Gasteiger partial charge in [-0.3, -0.25) is 0 Å². The predicted molar refractivity (Wildman–Crippen MR) is 73.3 cm³/mol. The molecule has 0 fully saturated rings. The van der Waals surface area contributed by atoms with Crippen LogP contribution in [0.4, 0.5) is 8.78 Å². The molecular formula is C15H14ClF2N. The third-order valence-corrected chi connectivity index (χ3v) is 3.44. The summed E-state index contributed by atoms with van der Waals surface area (Å²) in [6.45, 7) is 3.35. The van der Waals surface area contributed by atoms with Gasteiger partial charge in [0, 0.05) is 10.6 Å². The second-order valence-corrected chi connectivity index (χ2v) is 5.01. The van der Waals surface area contributed by atoms with Crippen molar-refractivity contribution in [3.05, 3.63) is 69.2 Å². The highest BCUT2D eigenvalue weighted by molar-refractivity contribution is 6.30. The quantitative estimate of drug-likeness (QED) is 0.873. The summed E-state index contributed by atoms with van der Waals surface area (Å²) < 4.78 is 27.5. The SMILES string of the molecule is Cc1cc(Cl)ccc1C(N)c1ccc(C)c(F)c1F. The lowest BCUT2D eigenvalue weighted by Gasteiger charge is -2.17. The van der Waals surface area contributed by atoms with Crippen molar-refractivity contribution < 1.29 is 8.78 Å². The second-order valence-electron chi connectivity index (χ2n) is 4.58. The van der Waals surface area contributed by atoms with E-state index >= 15 is 0 Å². The molecular weight excluding hydrogens is 268 g/mol. The normalized spacial score (nSPS) is 12.5. The molecule has 0 radical (unpaired) electrons. The van der Waals surface area contributed by atoms with Crippen LogP contribution in [0.1, 0.15) is 28.3 Å². The lowest BCUT2D eigenvalue weighted by Crippen LogP contribution is -2.16. The van der Waals surface area contributed by atoms with Crippen molar-refractivity contribution in [2.24, 2.45) is 5.73 Å². The van der Waals surface area contributed by atoms with Gasteiger partial charge in [0.05, 0.1) is 6.04 Å². The molecule has 2 aromatic carbocycles. The van der Waals surface area contributed by atoms with E-state index in [1.807, 2.05) is 6.92 Å². The van der Waals surface area contributed by atoms with Gasteiger partial charge < -0.3 is 5.73 Å². The minimum absolute atomic E-state index is 0.147. The third kappa shape index (κ3) is 2.62. The predicted octanol–water partition coefficient (Wildman–Crippen LogP) is 4.28. The largest absolute Gasteiger partial charge is 0.320 e. The Kier molecular flexibility index (Phi) is 3.88. The highest BCUT2D eigenvalue weighted by Crippen LogP contribution is 2.28. The molecule has 2 N–H and O–H groups in total. The average molecular weight is 282 g/mol. The van der Waals surface area contributed by atoms with Crippen molar-refractivity contribution in [1.29, 1.82) is 0 Å². The van der Waals surface area contributed by atoms with E-state index in [2.05, 4.69) is 0 Å². The fourth-order valence-corrected chi connectivity index (χ4v) is 2.28. The fourth-order valence-electron chi connectivity index (χ4n) is 2.06. The Bertz CT molecular complexity index is 626. The molecule has 19 heavy (non-hydrogen) atoms.